The molecule has 0 spiro atoms. The topological polar surface area (TPSA) is 239 Å². The quantitative estimate of drug-likeness (QED) is 0.194. The van der Waals surface area contributed by atoms with Crippen LogP contribution in [-0.2, 0) is 9.59 Å². The Morgan fingerprint density at radius 3 is 1.45 bits per heavy atom. The molecule has 1 N–H and O–H groups in total. The van der Waals surface area contributed by atoms with Crippen LogP contribution in [0.15, 0.2) is 23.5 Å². The summed E-state index contributed by atoms with van der Waals surface area (Å²) in [5.74, 6) is -2.30. The molecule has 14 nitrogen and oxygen atoms in total. The van der Waals surface area contributed by atoms with Gasteiger partial charge in [0.2, 0.25) is 0 Å². The number of nitro groups is 2. The first kappa shape index (κ1) is 18.6. The maximum Gasteiger partial charge on any atom is 0.332 e. The number of allylic oxidation sites excluding steroid dienone is 2. The van der Waals surface area contributed by atoms with Crippen LogP contribution >= 0.6 is 0 Å². The minimum atomic E-state index is -1.36. The summed E-state index contributed by atoms with van der Waals surface area (Å²) >= 11 is 0. The molecule has 0 atom stereocenters. The Hall–Kier alpha value is -3.76. The molecule has 0 aromatic rings. The molecule has 0 unspecified atom stereocenters. The predicted octanol–water partition coefficient (Wildman–Crippen LogP) is 1.20. The molecule has 0 saturated carbocycles. The SMILES string of the molecule is O=C1C=C([N+](=O)[O-])C(=O)C([N+](=O)[O-])=C1.[N-]=[N+]=N.[N-]=[N+]=[N-]. The Balaban J connectivity index is 0. The van der Waals surface area contributed by atoms with E-state index in [-0.39, 0.29) is 0 Å². The number of carbonyl (C=O) groups is 2. The zero-order chi connectivity index (χ0) is 16.3. The summed E-state index contributed by atoms with van der Waals surface area (Å²) in [5, 5.41) is 20.4. The number of ketones is 2. The number of rotatable bonds is 2. The third-order valence-electron chi connectivity index (χ3n) is 1.42. The van der Waals surface area contributed by atoms with Crippen molar-refractivity contribution in [3.05, 3.63) is 70.2 Å². The number of hydrogen-bond acceptors (Lipinski definition) is 7. The standard InChI is InChI=1S/C6H2N2O6.HN3.N3/c9-3-1-4(7(11)12)6(10)5(2-3)8(13)14;2*1-3-2/h1-2H;1H;/q;;-1. The Kier molecular flexibility index (Phi) is 8.64. The fourth-order valence-corrected chi connectivity index (χ4v) is 0.845. The van der Waals surface area contributed by atoms with Crippen LogP contribution in [0.1, 0.15) is 0 Å². The predicted molar refractivity (Wildman–Crippen MR) is 59.7 cm³/mol. The van der Waals surface area contributed by atoms with Crippen molar-refractivity contribution in [3.8, 4) is 0 Å². The maximum absolute atomic E-state index is 11.0. The van der Waals surface area contributed by atoms with Crippen molar-refractivity contribution in [2.24, 2.45) is 0 Å². The molecular weight excluding hydrogens is 280 g/mol. The van der Waals surface area contributed by atoms with Gasteiger partial charge in [-0.2, -0.15) is 0 Å². The lowest BCUT2D eigenvalue weighted by atomic mass is 10.1. The number of Topliss-reactive ketones (excluding diaryl/α,β-unsaturated/α-hetero) is 1. The maximum atomic E-state index is 11.0. The van der Waals surface area contributed by atoms with Crippen LogP contribution in [0.25, 0.3) is 26.4 Å². The summed E-state index contributed by atoms with van der Waals surface area (Å²) in [6.45, 7) is 0. The highest BCUT2D eigenvalue weighted by Gasteiger charge is 2.38. The largest absolute Gasteiger partial charge is 0.373 e. The van der Waals surface area contributed by atoms with Gasteiger partial charge in [0, 0.05) is 0 Å². The van der Waals surface area contributed by atoms with E-state index in [0.29, 0.717) is 12.2 Å². The first-order valence-corrected chi connectivity index (χ1v) is 4.06. The van der Waals surface area contributed by atoms with Gasteiger partial charge in [-0.05, 0) is 10.4 Å². The summed E-state index contributed by atoms with van der Waals surface area (Å²) in [6, 6.07) is 0. The Morgan fingerprint density at radius 2 is 1.25 bits per heavy atom. The van der Waals surface area contributed by atoms with Crippen LogP contribution in [0.4, 0.5) is 0 Å². The van der Waals surface area contributed by atoms with Crippen LogP contribution in [0.3, 0.4) is 0 Å². The van der Waals surface area contributed by atoms with Crippen LogP contribution in [0.5, 0.6) is 0 Å². The van der Waals surface area contributed by atoms with Crippen molar-refractivity contribution >= 4 is 11.6 Å². The summed E-state index contributed by atoms with van der Waals surface area (Å²) in [6.07, 6.45) is 0.907. The molecule has 0 aromatic carbocycles. The smallest absolute Gasteiger partial charge is 0.332 e. The monoisotopic (exact) mass is 283 g/mol. The molecule has 0 radical (unpaired) electrons. The van der Waals surface area contributed by atoms with Crippen molar-refractivity contribution in [2.75, 3.05) is 0 Å². The highest BCUT2D eigenvalue weighted by molar-refractivity contribution is 6.17. The van der Waals surface area contributed by atoms with Crippen LogP contribution < -0.4 is 0 Å². The second-order valence-corrected chi connectivity index (χ2v) is 2.49. The fraction of sp³-hybridized carbons (Fsp3) is 0. The van der Waals surface area contributed by atoms with Gasteiger partial charge in [-0.15, -0.1) is 5.53 Å². The van der Waals surface area contributed by atoms with Crippen molar-refractivity contribution in [1.82, 2.24) is 0 Å². The van der Waals surface area contributed by atoms with E-state index in [1.807, 2.05) is 0 Å². The van der Waals surface area contributed by atoms with Crippen LogP contribution in [0.2, 0.25) is 0 Å². The zero-order valence-corrected chi connectivity index (χ0v) is 9.23. The van der Waals surface area contributed by atoms with E-state index in [1.54, 1.807) is 4.91 Å². The van der Waals surface area contributed by atoms with E-state index in [1.165, 1.54) is 4.91 Å². The second-order valence-electron chi connectivity index (χ2n) is 2.49. The van der Waals surface area contributed by atoms with E-state index in [9.17, 15) is 29.8 Å². The Morgan fingerprint density at radius 1 is 1.00 bits per heavy atom. The van der Waals surface area contributed by atoms with Gasteiger partial charge in [-0.3, -0.25) is 34.7 Å². The molecule has 0 fully saturated rings. The van der Waals surface area contributed by atoms with E-state index in [2.05, 4.69) is 0 Å². The number of nitrogens with zero attached hydrogens (tertiary/aromatic N) is 7. The first-order chi connectivity index (χ1) is 9.26. The number of carbonyl (C=O) groups excluding carboxylic acids is 2. The van der Waals surface area contributed by atoms with E-state index in [0.717, 1.165) is 0 Å². The molecule has 0 amide bonds. The average Bonchev–Trinajstić information content (AvgIpc) is 2.33. The van der Waals surface area contributed by atoms with Crippen molar-refractivity contribution in [2.45, 2.75) is 0 Å². The molecule has 104 valence electrons. The third-order valence-corrected chi connectivity index (χ3v) is 1.42. The molecule has 0 saturated heterocycles. The minimum Gasteiger partial charge on any atom is -0.373 e. The van der Waals surface area contributed by atoms with Crippen molar-refractivity contribution in [3.63, 3.8) is 0 Å². The normalized spacial score (nSPS) is 12.0. The molecule has 14 heteroatoms. The van der Waals surface area contributed by atoms with Gasteiger partial charge in [-0.1, -0.05) is 0 Å². The number of nitrogens with one attached hydrogen (secondary N) is 1. The Labute approximate surface area is 108 Å². The lowest BCUT2D eigenvalue weighted by Crippen LogP contribution is -2.23. The summed E-state index contributed by atoms with van der Waals surface area (Å²) in [7, 11) is 0. The van der Waals surface area contributed by atoms with Crippen molar-refractivity contribution < 1.29 is 19.4 Å². The lowest BCUT2D eigenvalue weighted by molar-refractivity contribution is -0.433. The van der Waals surface area contributed by atoms with Gasteiger partial charge in [-0.25, -0.2) is 0 Å². The van der Waals surface area contributed by atoms with Gasteiger partial charge in [0.05, 0.1) is 22.0 Å². The number of hydrogen-bond donors (Lipinski definition) is 1. The van der Waals surface area contributed by atoms with Gasteiger partial charge in [0.15, 0.2) is 5.78 Å². The van der Waals surface area contributed by atoms with Crippen molar-refractivity contribution in [1.29, 1.82) is 5.53 Å². The van der Waals surface area contributed by atoms with E-state index in [4.69, 9.17) is 22.1 Å². The summed E-state index contributed by atoms with van der Waals surface area (Å²) in [5.41, 5.74) is 23.6. The van der Waals surface area contributed by atoms with Crippen LogP contribution in [0, 0.1) is 25.8 Å². The molecule has 0 aromatic heterocycles. The average molecular weight is 283 g/mol. The zero-order valence-electron chi connectivity index (χ0n) is 9.23. The molecule has 1 aliphatic rings. The van der Waals surface area contributed by atoms with Gasteiger partial charge >= 0.3 is 17.2 Å². The first-order valence-electron chi connectivity index (χ1n) is 4.06. The van der Waals surface area contributed by atoms with E-state index >= 15 is 0 Å². The van der Waals surface area contributed by atoms with Gasteiger partial charge in [0.1, 0.15) is 0 Å². The minimum absolute atomic E-state index is 0.454. The molecule has 1 rings (SSSR count). The van der Waals surface area contributed by atoms with Crippen LogP contribution in [-0.4, -0.2) is 21.4 Å². The fourth-order valence-electron chi connectivity index (χ4n) is 0.845. The molecular formula is C6H3N8O6-. The third kappa shape index (κ3) is 6.09. The van der Waals surface area contributed by atoms with Gasteiger partial charge < -0.3 is 11.1 Å². The highest BCUT2D eigenvalue weighted by Crippen LogP contribution is 2.13. The molecule has 0 heterocycles. The van der Waals surface area contributed by atoms with E-state index < -0.39 is 32.8 Å². The Bertz CT molecular complexity index is 528. The highest BCUT2D eigenvalue weighted by atomic mass is 16.6. The van der Waals surface area contributed by atoms with Gasteiger partial charge in [0.25, 0.3) is 0 Å². The molecule has 20 heavy (non-hydrogen) atoms. The summed E-state index contributed by atoms with van der Waals surface area (Å²) < 4.78 is 0. The second kappa shape index (κ2) is 9.29. The molecule has 0 aliphatic heterocycles. The lowest BCUT2D eigenvalue weighted by Gasteiger charge is -1.99. The summed E-state index contributed by atoms with van der Waals surface area (Å²) in [4.78, 5) is 43.1. The molecule has 1 aliphatic carbocycles. The molecule has 0 bridgehead atoms.